The Labute approximate surface area is 175 Å². The van der Waals surface area contributed by atoms with Crippen molar-refractivity contribution in [3.8, 4) is 5.69 Å². The van der Waals surface area contributed by atoms with E-state index in [4.69, 9.17) is 11.6 Å². The third kappa shape index (κ3) is 4.11. The van der Waals surface area contributed by atoms with E-state index in [2.05, 4.69) is 5.32 Å². The van der Waals surface area contributed by atoms with Crippen LogP contribution in [0.2, 0.25) is 5.02 Å². The molecular formula is C20H19ClN4O5. The average Bonchev–Trinajstić information content (AvgIpc) is 2.71. The SMILES string of the molecule is CC[C@H](C)NC(=O)Cn1c(=O)n(-c2cccc([N+](=O)[O-])c2)c(=O)c2ccc(Cl)cc21. The van der Waals surface area contributed by atoms with Gasteiger partial charge in [-0.25, -0.2) is 9.36 Å². The van der Waals surface area contributed by atoms with E-state index in [0.717, 1.165) is 15.2 Å². The van der Waals surface area contributed by atoms with Gasteiger partial charge in [0.25, 0.3) is 11.2 Å². The highest BCUT2D eigenvalue weighted by atomic mass is 35.5. The maximum Gasteiger partial charge on any atom is 0.336 e. The molecule has 0 radical (unpaired) electrons. The zero-order valence-corrected chi connectivity index (χ0v) is 17.0. The van der Waals surface area contributed by atoms with Gasteiger partial charge in [-0.15, -0.1) is 0 Å². The van der Waals surface area contributed by atoms with Gasteiger partial charge < -0.3 is 5.32 Å². The maximum atomic E-state index is 13.2. The van der Waals surface area contributed by atoms with Crippen LogP contribution in [-0.2, 0) is 11.3 Å². The number of non-ortho nitro benzene ring substituents is 1. The van der Waals surface area contributed by atoms with Crippen molar-refractivity contribution in [1.29, 1.82) is 0 Å². The molecule has 0 bridgehead atoms. The Balaban J connectivity index is 2.27. The molecule has 156 valence electrons. The molecule has 1 heterocycles. The summed E-state index contributed by atoms with van der Waals surface area (Å²) in [6.45, 7) is 3.41. The Morgan fingerprint density at radius 2 is 1.97 bits per heavy atom. The molecule has 3 aromatic rings. The van der Waals surface area contributed by atoms with Crippen LogP contribution < -0.4 is 16.6 Å². The van der Waals surface area contributed by atoms with Crippen molar-refractivity contribution in [2.75, 3.05) is 0 Å². The number of nitro groups is 1. The van der Waals surface area contributed by atoms with Crippen LogP contribution in [0, 0.1) is 10.1 Å². The second-order valence-electron chi connectivity index (χ2n) is 6.82. The van der Waals surface area contributed by atoms with Gasteiger partial charge in [0.1, 0.15) is 6.54 Å². The third-order valence-corrected chi connectivity index (χ3v) is 4.96. The van der Waals surface area contributed by atoms with E-state index in [9.17, 15) is 24.5 Å². The van der Waals surface area contributed by atoms with E-state index in [1.165, 1.54) is 36.4 Å². The summed E-state index contributed by atoms with van der Waals surface area (Å²) < 4.78 is 1.96. The number of fused-ring (bicyclic) bond motifs is 1. The number of halogens is 1. The normalized spacial score (nSPS) is 12.0. The summed E-state index contributed by atoms with van der Waals surface area (Å²) >= 11 is 6.05. The highest BCUT2D eigenvalue weighted by Gasteiger charge is 2.19. The number of hydrogen-bond donors (Lipinski definition) is 1. The number of nitro benzene ring substituents is 1. The lowest BCUT2D eigenvalue weighted by Crippen LogP contribution is -2.43. The average molecular weight is 431 g/mol. The minimum Gasteiger partial charge on any atom is -0.352 e. The predicted octanol–water partition coefficient (Wildman–Crippen LogP) is 2.63. The smallest absolute Gasteiger partial charge is 0.336 e. The van der Waals surface area contributed by atoms with E-state index in [-0.39, 0.29) is 34.9 Å². The van der Waals surface area contributed by atoms with E-state index >= 15 is 0 Å². The summed E-state index contributed by atoms with van der Waals surface area (Å²) in [5, 5.41) is 14.3. The number of aromatic nitrogens is 2. The first-order valence-electron chi connectivity index (χ1n) is 9.22. The van der Waals surface area contributed by atoms with Gasteiger partial charge in [-0.3, -0.25) is 24.3 Å². The Morgan fingerprint density at radius 3 is 2.63 bits per heavy atom. The molecule has 3 rings (SSSR count). The maximum absolute atomic E-state index is 13.2. The number of rotatable bonds is 6. The first-order valence-corrected chi connectivity index (χ1v) is 9.60. The van der Waals surface area contributed by atoms with Crippen LogP contribution in [0.1, 0.15) is 20.3 Å². The fourth-order valence-electron chi connectivity index (χ4n) is 3.03. The Morgan fingerprint density at radius 1 is 1.23 bits per heavy atom. The van der Waals surface area contributed by atoms with E-state index in [1.54, 1.807) is 0 Å². The van der Waals surface area contributed by atoms with Gasteiger partial charge in [0.15, 0.2) is 0 Å². The molecule has 1 N–H and O–H groups in total. The van der Waals surface area contributed by atoms with E-state index in [0.29, 0.717) is 11.4 Å². The van der Waals surface area contributed by atoms with Gasteiger partial charge in [-0.1, -0.05) is 24.6 Å². The van der Waals surface area contributed by atoms with Crippen molar-refractivity contribution in [3.05, 3.63) is 78.4 Å². The van der Waals surface area contributed by atoms with Gasteiger partial charge >= 0.3 is 5.69 Å². The van der Waals surface area contributed by atoms with Crippen LogP contribution >= 0.6 is 11.6 Å². The van der Waals surface area contributed by atoms with Crippen LogP contribution in [0.25, 0.3) is 16.6 Å². The van der Waals surface area contributed by atoms with Gasteiger partial charge in [-0.2, -0.15) is 0 Å². The topological polar surface area (TPSA) is 116 Å². The molecule has 30 heavy (non-hydrogen) atoms. The number of amides is 1. The van der Waals surface area contributed by atoms with E-state index in [1.807, 2.05) is 13.8 Å². The Kier molecular flexibility index (Phi) is 6.02. The zero-order chi connectivity index (χ0) is 22.0. The van der Waals surface area contributed by atoms with Crippen molar-refractivity contribution in [2.24, 2.45) is 0 Å². The fourth-order valence-corrected chi connectivity index (χ4v) is 3.20. The number of nitrogens with one attached hydrogen (secondary N) is 1. The quantitative estimate of drug-likeness (QED) is 0.476. The predicted molar refractivity (Wildman–Crippen MR) is 113 cm³/mol. The summed E-state index contributed by atoms with van der Waals surface area (Å²) in [7, 11) is 0. The third-order valence-electron chi connectivity index (χ3n) is 4.73. The molecular weight excluding hydrogens is 412 g/mol. The van der Waals surface area contributed by atoms with Gasteiger partial charge in [-0.05, 0) is 37.6 Å². The molecule has 0 aliphatic rings. The minimum absolute atomic E-state index is 0.0344. The molecule has 1 atom stereocenters. The van der Waals surface area contributed by atoms with E-state index < -0.39 is 22.1 Å². The van der Waals surface area contributed by atoms with Gasteiger partial charge in [0.2, 0.25) is 5.91 Å². The van der Waals surface area contributed by atoms with Crippen molar-refractivity contribution in [2.45, 2.75) is 32.9 Å². The van der Waals surface area contributed by atoms with Crippen LogP contribution in [0.4, 0.5) is 5.69 Å². The zero-order valence-electron chi connectivity index (χ0n) is 16.3. The lowest BCUT2D eigenvalue weighted by molar-refractivity contribution is -0.384. The highest BCUT2D eigenvalue weighted by Crippen LogP contribution is 2.18. The summed E-state index contributed by atoms with van der Waals surface area (Å²) in [5.74, 6) is -0.406. The highest BCUT2D eigenvalue weighted by molar-refractivity contribution is 6.31. The molecule has 2 aromatic carbocycles. The molecule has 0 saturated heterocycles. The molecule has 0 unspecified atom stereocenters. The second kappa shape index (κ2) is 8.50. The molecule has 0 spiro atoms. The minimum atomic E-state index is -0.797. The Hall–Kier alpha value is -3.46. The molecule has 0 saturated carbocycles. The van der Waals surface area contributed by atoms with Crippen molar-refractivity contribution in [3.63, 3.8) is 0 Å². The van der Waals surface area contributed by atoms with Crippen LogP contribution in [-0.4, -0.2) is 26.0 Å². The molecule has 0 aliphatic heterocycles. The lowest BCUT2D eigenvalue weighted by Gasteiger charge is -2.16. The lowest BCUT2D eigenvalue weighted by atomic mass is 10.2. The van der Waals surface area contributed by atoms with Crippen LogP contribution in [0.15, 0.2) is 52.1 Å². The second-order valence-corrected chi connectivity index (χ2v) is 7.26. The molecule has 0 fully saturated rings. The molecule has 10 heteroatoms. The molecule has 1 amide bonds. The number of benzene rings is 2. The van der Waals surface area contributed by atoms with Crippen molar-refractivity contribution < 1.29 is 9.72 Å². The van der Waals surface area contributed by atoms with Gasteiger partial charge in [0.05, 0.1) is 21.5 Å². The fraction of sp³-hybridized carbons (Fsp3) is 0.250. The summed E-state index contributed by atoms with van der Waals surface area (Å²) in [6.07, 6.45) is 0.709. The molecule has 9 nitrogen and oxygen atoms in total. The van der Waals surface area contributed by atoms with Crippen molar-refractivity contribution in [1.82, 2.24) is 14.5 Å². The number of carbonyl (C=O) groups is 1. The monoisotopic (exact) mass is 430 g/mol. The number of nitrogens with zero attached hydrogens (tertiary/aromatic N) is 3. The summed E-state index contributed by atoms with van der Waals surface area (Å²) in [5.41, 5.74) is -1.48. The van der Waals surface area contributed by atoms with Crippen LogP contribution in [0.3, 0.4) is 0 Å². The van der Waals surface area contributed by atoms with Crippen molar-refractivity contribution >= 4 is 34.1 Å². The standard InChI is InChI=1S/C20H19ClN4O5/c1-3-12(2)22-18(26)11-23-17-9-13(21)7-8-16(17)19(27)24(20(23)28)14-5-4-6-15(10-14)25(29)30/h4-10,12H,3,11H2,1-2H3,(H,22,26)/t12-/m0/s1. The first kappa shape index (κ1) is 21.3. The first-order chi connectivity index (χ1) is 14.2. The molecule has 1 aromatic heterocycles. The summed E-state index contributed by atoms with van der Waals surface area (Å²) in [4.78, 5) is 49.2. The largest absolute Gasteiger partial charge is 0.352 e. The number of carbonyl (C=O) groups excluding carboxylic acids is 1. The number of hydrogen-bond acceptors (Lipinski definition) is 5. The Bertz CT molecular complexity index is 1260. The summed E-state index contributed by atoms with van der Waals surface area (Å²) in [6, 6.07) is 9.49. The molecule has 0 aliphatic carbocycles. The van der Waals surface area contributed by atoms with Crippen LogP contribution in [0.5, 0.6) is 0 Å². The van der Waals surface area contributed by atoms with Gasteiger partial charge in [0, 0.05) is 23.2 Å².